The van der Waals surface area contributed by atoms with Crippen LogP contribution < -0.4 is 4.90 Å². The van der Waals surface area contributed by atoms with Gasteiger partial charge in [-0.25, -0.2) is 8.78 Å². The van der Waals surface area contributed by atoms with Crippen molar-refractivity contribution in [2.45, 2.75) is 32.6 Å². The molecule has 1 aromatic rings. The van der Waals surface area contributed by atoms with Crippen molar-refractivity contribution in [2.75, 3.05) is 24.5 Å². The Morgan fingerprint density at radius 3 is 2.65 bits per heavy atom. The van der Waals surface area contributed by atoms with Crippen LogP contribution in [0, 0.1) is 12.3 Å². The monoisotopic (exact) mass is 323 g/mol. The number of hydrogen-bond donors (Lipinski definition) is 0. The molecule has 7 heteroatoms. The molecule has 1 spiro atoms. The number of likely N-dealkylation sites (tertiary alicyclic amines) is 1. The summed E-state index contributed by atoms with van der Waals surface area (Å²) in [5, 5.41) is 0. The highest BCUT2D eigenvalue weighted by atomic mass is 19.3. The Morgan fingerprint density at radius 1 is 1.30 bits per heavy atom. The van der Waals surface area contributed by atoms with Crippen LogP contribution in [0.4, 0.5) is 14.5 Å². The molecule has 5 nitrogen and oxygen atoms in total. The largest absolute Gasteiger partial charge is 0.336 e. The molecule has 2 saturated heterocycles. The van der Waals surface area contributed by atoms with Crippen molar-refractivity contribution in [3.8, 4) is 0 Å². The van der Waals surface area contributed by atoms with Gasteiger partial charge in [-0.3, -0.25) is 14.6 Å². The van der Waals surface area contributed by atoms with Crippen LogP contribution in [0.1, 0.15) is 25.5 Å². The standard InChI is InChI=1S/C16H19F2N3O2/c1-11-3-4-13(7-19-11)21-6-5-15(14(21)23)8-16(17,18)10-20(9-15)12(2)22/h3-4,7H,5-6,8-10H2,1-2H3/t15-/m1/s1. The van der Waals surface area contributed by atoms with Crippen molar-refractivity contribution in [3.05, 3.63) is 24.0 Å². The lowest BCUT2D eigenvalue weighted by atomic mass is 9.77. The molecule has 2 amide bonds. The predicted octanol–water partition coefficient (Wildman–Crippen LogP) is 2.00. The van der Waals surface area contributed by atoms with Gasteiger partial charge in [0, 0.05) is 32.1 Å². The quantitative estimate of drug-likeness (QED) is 0.794. The van der Waals surface area contributed by atoms with Crippen molar-refractivity contribution >= 4 is 17.5 Å². The van der Waals surface area contributed by atoms with Gasteiger partial charge in [0.05, 0.1) is 23.8 Å². The van der Waals surface area contributed by atoms with Gasteiger partial charge in [0.1, 0.15) is 0 Å². The van der Waals surface area contributed by atoms with Gasteiger partial charge >= 0.3 is 0 Å². The van der Waals surface area contributed by atoms with Gasteiger partial charge in [-0.2, -0.15) is 0 Å². The number of anilines is 1. The van der Waals surface area contributed by atoms with Crippen molar-refractivity contribution in [1.82, 2.24) is 9.88 Å². The maximum Gasteiger partial charge on any atom is 0.266 e. The summed E-state index contributed by atoms with van der Waals surface area (Å²) in [7, 11) is 0. The summed E-state index contributed by atoms with van der Waals surface area (Å²) in [4.78, 5) is 31.2. The Kier molecular flexibility index (Phi) is 3.61. The molecule has 124 valence electrons. The minimum absolute atomic E-state index is 0.0621. The zero-order valence-electron chi connectivity index (χ0n) is 13.2. The molecule has 0 saturated carbocycles. The Balaban J connectivity index is 1.89. The molecular formula is C16H19F2N3O2. The third-order valence-electron chi connectivity index (χ3n) is 4.68. The Morgan fingerprint density at radius 2 is 2.04 bits per heavy atom. The number of pyridine rings is 1. The molecule has 0 aliphatic carbocycles. The topological polar surface area (TPSA) is 53.5 Å². The zero-order valence-corrected chi connectivity index (χ0v) is 13.2. The molecule has 2 fully saturated rings. The van der Waals surface area contributed by atoms with Crippen LogP contribution in [0.15, 0.2) is 18.3 Å². The summed E-state index contributed by atoms with van der Waals surface area (Å²) < 4.78 is 28.2. The SMILES string of the molecule is CC(=O)N1CC(F)(F)C[C@]2(CCN(c3ccc(C)nc3)C2=O)C1. The number of hydrogen-bond acceptors (Lipinski definition) is 3. The van der Waals surface area contributed by atoms with Crippen LogP contribution >= 0.6 is 0 Å². The lowest BCUT2D eigenvalue weighted by Gasteiger charge is -2.42. The number of carbonyl (C=O) groups is 2. The summed E-state index contributed by atoms with van der Waals surface area (Å²) in [6.45, 7) is 2.92. The second-order valence-electron chi connectivity index (χ2n) is 6.55. The van der Waals surface area contributed by atoms with Gasteiger partial charge in [0.15, 0.2) is 0 Å². The first-order valence-corrected chi connectivity index (χ1v) is 7.60. The maximum absolute atomic E-state index is 14.1. The number of piperidine rings is 1. The number of aryl methyl sites for hydroxylation is 1. The molecule has 0 bridgehead atoms. The predicted molar refractivity (Wildman–Crippen MR) is 80.2 cm³/mol. The first-order chi connectivity index (χ1) is 10.7. The lowest BCUT2D eigenvalue weighted by Crippen LogP contribution is -2.56. The smallest absolute Gasteiger partial charge is 0.266 e. The van der Waals surface area contributed by atoms with Gasteiger partial charge in [-0.15, -0.1) is 0 Å². The molecule has 0 N–H and O–H groups in total. The van der Waals surface area contributed by atoms with E-state index in [0.717, 1.165) is 10.6 Å². The van der Waals surface area contributed by atoms with E-state index in [1.165, 1.54) is 11.8 Å². The average molecular weight is 323 g/mol. The lowest BCUT2D eigenvalue weighted by molar-refractivity contribution is -0.158. The highest BCUT2D eigenvalue weighted by Crippen LogP contribution is 2.46. The zero-order chi connectivity index (χ0) is 16.8. The number of amides is 2. The van der Waals surface area contributed by atoms with E-state index in [1.807, 2.05) is 6.92 Å². The van der Waals surface area contributed by atoms with Crippen LogP contribution in [0.3, 0.4) is 0 Å². The van der Waals surface area contributed by atoms with E-state index in [0.29, 0.717) is 18.7 Å². The molecule has 0 aromatic carbocycles. The summed E-state index contributed by atoms with van der Waals surface area (Å²) in [6, 6.07) is 3.55. The van der Waals surface area contributed by atoms with Gasteiger partial charge < -0.3 is 9.80 Å². The molecule has 3 rings (SSSR count). The fraction of sp³-hybridized carbons (Fsp3) is 0.562. The van der Waals surface area contributed by atoms with E-state index in [9.17, 15) is 18.4 Å². The number of nitrogens with zero attached hydrogens (tertiary/aromatic N) is 3. The second kappa shape index (κ2) is 5.25. The number of halogens is 2. The summed E-state index contributed by atoms with van der Waals surface area (Å²) >= 11 is 0. The van der Waals surface area contributed by atoms with Gasteiger partial charge in [0.25, 0.3) is 5.92 Å². The number of carbonyl (C=O) groups excluding carboxylic acids is 2. The van der Waals surface area contributed by atoms with Crippen molar-refractivity contribution in [2.24, 2.45) is 5.41 Å². The number of rotatable bonds is 1. The summed E-state index contributed by atoms with van der Waals surface area (Å²) in [6.07, 6.45) is 1.40. The molecule has 2 aliphatic rings. The Labute approximate surface area is 133 Å². The molecule has 23 heavy (non-hydrogen) atoms. The second-order valence-corrected chi connectivity index (χ2v) is 6.55. The Hall–Kier alpha value is -2.05. The van der Waals surface area contributed by atoms with E-state index in [1.54, 1.807) is 18.3 Å². The third-order valence-corrected chi connectivity index (χ3v) is 4.68. The normalized spacial score (nSPS) is 26.9. The van der Waals surface area contributed by atoms with Crippen molar-refractivity contribution in [3.63, 3.8) is 0 Å². The van der Waals surface area contributed by atoms with Crippen LogP contribution in [0.5, 0.6) is 0 Å². The van der Waals surface area contributed by atoms with E-state index in [-0.39, 0.29) is 12.5 Å². The Bertz CT molecular complexity index is 647. The van der Waals surface area contributed by atoms with E-state index >= 15 is 0 Å². The molecule has 0 radical (unpaired) electrons. The third kappa shape index (κ3) is 2.80. The fourth-order valence-corrected chi connectivity index (χ4v) is 3.53. The first kappa shape index (κ1) is 15.8. The first-order valence-electron chi connectivity index (χ1n) is 7.60. The van der Waals surface area contributed by atoms with Gasteiger partial charge in [-0.1, -0.05) is 0 Å². The van der Waals surface area contributed by atoms with Crippen molar-refractivity contribution < 1.29 is 18.4 Å². The summed E-state index contributed by atoms with van der Waals surface area (Å²) in [5.74, 6) is -3.80. The van der Waals surface area contributed by atoms with E-state index in [4.69, 9.17) is 0 Å². The highest BCUT2D eigenvalue weighted by molar-refractivity contribution is 6.00. The average Bonchev–Trinajstić information content (AvgIpc) is 2.75. The van der Waals surface area contributed by atoms with E-state index < -0.39 is 30.2 Å². The molecule has 3 heterocycles. The van der Waals surface area contributed by atoms with Crippen LogP contribution in [-0.4, -0.2) is 47.3 Å². The molecule has 0 unspecified atom stereocenters. The van der Waals surface area contributed by atoms with Crippen LogP contribution in [0.25, 0.3) is 0 Å². The van der Waals surface area contributed by atoms with Gasteiger partial charge in [-0.05, 0) is 25.5 Å². The van der Waals surface area contributed by atoms with Crippen LogP contribution in [-0.2, 0) is 9.59 Å². The highest BCUT2D eigenvalue weighted by Gasteiger charge is 2.57. The number of aromatic nitrogens is 1. The fourth-order valence-electron chi connectivity index (χ4n) is 3.53. The van der Waals surface area contributed by atoms with Gasteiger partial charge in [0.2, 0.25) is 11.8 Å². The summed E-state index contributed by atoms with van der Waals surface area (Å²) in [5.41, 5.74) is 0.237. The molecule has 1 aromatic heterocycles. The minimum atomic E-state index is -3.04. The van der Waals surface area contributed by atoms with Crippen LogP contribution in [0.2, 0.25) is 0 Å². The number of alkyl halides is 2. The molecule has 2 aliphatic heterocycles. The van der Waals surface area contributed by atoms with E-state index in [2.05, 4.69) is 4.98 Å². The minimum Gasteiger partial charge on any atom is -0.336 e. The van der Waals surface area contributed by atoms with Crippen molar-refractivity contribution in [1.29, 1.82) is 0 Å². The molecule has 1 atom stereocenters. The maximum atomic E-state index is 14.1. The molecular weight excluding hydrogens is 304 g/mol.